The normalized spacial score (nSPS) is 10.2. The molecule has 0 spiro atoms. The van der Waals surface area contributed by atoms with Crippen molar-refractivity contribution in [1.82, 2.24) is 15.1 Å². The number of aromatic nitrogens is 2. The van der Waals surface area contributed by atoms with Crippen molar-refractivity contribution in [2.45, 2.75) is 6.54 Å². The summed E-state index contributed by atoms with van der Waals surface area (Å²) in [6.45, 7) is 0.346. The Labute approximate surface area is 144 Å². The van der Waals surface area contributed by atoms with Gasteiger partial charge in [-0.2, -0.15) is 5.10 Å². The second-order valence-corrected chi connectivity index (χ2v) is 5.38. The first-order chi connectivity index (χ1) is 12.1. The van der Waals surface area contributed by atoms with Crippen LogP contribution in [-0.4, -0.2) is 21.7 Å². The highest BCUT2D eigenvalue weighted by Gasteiger charge is 2.08. The molecule has 1 heterocycles. The first-order valence-electron chi connectivity index (χ1n) is 7.65. The fourth-order valence-electron chi connectivity index (χ4n) is 2.34. The quantitative estimate of drug-likeness (QED) is 0.666. The van der Waals surface area contributed by atoms with Gasteiger partial charge in [-0.1, -0.05) is 24.3 Å². The van der Waals surface area contributed by atoms with Gasteiger partial charge in [0.25, 0.3) is 5.91 Å². The molecule has 0 saturated heterocycles. The molecule has 0 fully saturated rings. The van der Waals surface area contributed by atoms with Crippen molar-refractivity contribution in [2.75, 3.05) is 5.32 Å². The van der Waals surface area contributed by atoms with E-state index < -0.39 is 6.03 Å². The molecule has 7 heteroatoms. The van der Waals surface area contributed by atoms with E-state index in [0.29, 0.717) is 17.8 Å². The van der Waals surface area contributed by atoms with Crippen LogP contribution in [0, 0.1) is 0 Å². The summed E-state index contributed by atoms with van der Waals surface area (Å²) in [5.41, 5.74) is 7.81. The number of hydrogen-bond acceptors (Lipinski definition) is 3. The number of carbonyl (C=O) groups excluding carboxylic acids is 2. The number of nitrogens with one attached hydrogen (secondary N) is 2. The van der Waals surface area contributed by atoms with Gasteiger partial charge < -0.3 is 16.4 Å². The van der Waals surface area contributed by atoms with Crippen molar-refractivity contribution in [2.24, 2.45) is 5.73 Å². The van der Waals surface area contributed by atoms with Crippen LogP contribution in [0.2, 0.25) is 0 Å². The Morgan fingerprint density at radius 3 is 2.64 bits per heavy atom. The SMILES string of the molecule is NC(=O)Nc1cccc(C(=O)NCc2cnn(-c3ccccc3)c2)c1. The average Bonchev–Trinajstić information content (AvgIpc) is 3.09. The molecule has 3 aromatic rings. The fourth-order valence-corrected chi connectivity index (χ4v) is 2.34. The number of nitrogens with zero attached hydrogens (tertiary/aromatic N) is 2. The Bertz CT molecular complexity index is 889. The molecule has 0 atom stereocenters. The number of amides is 3. The molecule has 3 rings (SSSR count). The summed E-state index contributed by atoms with van der Waals surface area (Å²) in [5.74, 6) is -0.249. The van der Waals surface area contributed by atoms with Gasteiger partial charge in [-0.25, -0.2) is 9.48 Å². The first kappa shape index (κ1) is 16.3. The zero-order valence-electron chi connectivity index (χ0n) is 13.3. The highest BCUT2D eigenvalue weighted by molar-refractivity contribution is 5.96. The van der Waals surface area contributed by atoms with Crippen molar-refractivity contribution in [3.8, 4) is 5.69 Å². The van der Waals surface area contributed by atoms with E-state index in [1.165, 1.54) is 0 Å². The molecule has 25 heavy (non-hydrogen) atoms. The van der Waals surface area contributed by atoms with Gasteiger partial charge in [0.05, 0.1) is 11.9 Å². The number of hydrogen-bond donors (Lipinski definition) is 3. The summed E-state index contributed by atoms with van der Waals surface area (Å²) in [6.07, 6.45) is 3.57. The standard InChI is InChI=1S/C18H17N5O2/c19-18(25)22-15-6-4-5-14(9-15)17(24)20-10-13-11-21-23(12-13)16-7-2-1-3-8-16/h1-9,11-12H,10H2,(H,20,24)(H3,19,22,25). The molecule has 0 aliphatic carbocycles. The summed E-state index contributed by atoms with van der Waals surface area (Å²) in [5, 5.41) is 9.55. The molecule has 126 valence electrons. The van der Waals surface area contributed by atoms with Gasteiger partial charge in [0.15, 0.2) is 0 Å². The van der Waals surface area contributed by atoms with E-state index in [1.807, 2.05) is 36.5 Å². The minimum absolute atomic E-state index is 0.249. The van der Waals surface area contributed by atoms with E-state index in [2.05, 4.69) is 15.7 Å². The van der Waals surface area contributed by atoms with Gasteiger partial charge in [0, 0.05) is 29.6 Å². The predicted octanol–water partition coefficient (Wildman–Crippen LogP) is 2.29. The summed E-state index contributed by atoms with van der Waals surface area (Å²) >= 11 is 0. The van der Waals surface area contributed by atoms with E-state index in [-0.39, 0.29) is 5.91 Å². The Morgan fingerprint density at radius 2 is 1.88 bits per heavy atom. The molecule has 4 N–H and O–H groups in total. The number of para-hydroxylation sites is 1. The lowest BCUT2D eigenvalue weighted by molar-refractivity contribution is 0.0951. The van der Waals surface area contributed by atoms with Crippen LogP contribution in [0.25, 0.3) is 5.69 Å². The highest BCUT2D eigenvalue weighted by atomic mass is 16.2. The molecular weight excluding hydrogens is 318 g/mol. The number of rotatable bonds is 5. The molecule has 0 saturated carbocycles. The van der Waals surface area contributed by atoms with Crippen LogP contribution in [0.5, 0.6) is 0 Å². The van der Waals surface area contributed by atoms with Gasteiger partial charge in [-0.15, -0.1) is 0 Å². The second kappa shape index (κ2) is 7.31. The topological polar surface area (TPSA) is 102 Å². The number of primary amides is 1. The number of benzene rings is 2. The average molecular weight is 335 g/mol. The number of carbonyl (C=O) groups is 2. The lowest BCUT2D eigenvalue weighted by Crippen LogP contribution is -2.23. The number of urea groups is 1. The third kappa shape index (κ3) is 4.23. The van der Waals surface area contributed by atoms with Crippen LogP contribution in [0.3, 0.4) is 0 Å². The van der Waals surface area contributed by atoms with Crippen molar-refractivity contribution in [1.29, 1.82) is 0 Å². The minimum atomic E-state index is -0.675. The molecule has 0 unspecified atom stereocenters. The van der Waals surface area contributed by atoms with Gasteiger partial charge in [-0.05, 0) is 30.3 Å². The minimum Gasteiger partial charge on any atom is -0.351 e. The summed E-state index contributed by atoms with van der Waals surface area (Å²) < 4.78 is 1.75. The monoisotopic (exact) mass is 335 g/mol. The lowest BCUT2D eigenvalue weighted by Gasteiger charge is -2.06. The van der Waals surface area contributed by atoms with Crippen LogP contribution in [0.1, 0.15) is 15.9 Å². The molecule has 0 aliphatic rings. The van der Waals surface area contributed by atoms with E-state index in [4.69, 9.17) is 5.73 Å². The molecule has 1 aromatic heterocycles. The summed E-state index contributed by atoms with van der Waals surface area (Å²) in [7, 11) is 0. The molecule has 3 amide bonds. The summed E-state index contributed by atoms with van der Waals surface area (Å²) in [4.78, 5) is 23.1. The molecule has 2 aromatic carbocycles. The largest absolute Gasteiger partial charge is 0.351 e. The van der Waals surface area contributed by atoms with Crippen LogP contribution in [-0.2, 0) is 6.54 Å². The Hall–Kier alpha value is -3.61. The molecular formula is C18H17N5O2. The number of nitrogens with two attached hydrogens (primary N) is 1. The molecule has 0 aliphatic heterocycles. The number of anilines is 1. The third-order valence-electron chi connectivity index (χ3n) is 3.50. The summed E-state index contributed by atoms with van der Waals surface area (Å²) in [6, 6.07) is 15.6. The van der Waals surface area contributed by atoms with Crippen molar-refractivity contribution in [3.05, 3.63) is 78.1 Å². The Kier molecular flexibility index (Phi) is 4.75. The smallest absolute Gasteiger partial charge is 0.316 e. The van der Waals surface area contributed by atoms with E-state index in [9.17, 15) is 9.59 Å². The molecule has 7 nitrogen and oxygen atoms in total. The van der Waals surface area contributed by atoms with E-state index in [0.717, 1.165) is 11.3 Å². The van der Waals surface area contributed by atoms with Crippen molar-refractivity contribution >= 4 is 17.6 Å². The Balaban J connectivity index is 1.63. The predicted molar refractivity (Wildman–Crippen MR) is 94.4 cm³/mol. The maximum atomic E-state index is 12.3. The highest BCUT2D eigenvalue weighted by Crippen LogP contribution is 2.11. The molecule has 0 radical (unpaired) electrons. The zero-order chi connectivity index (χ0) is 17.6. The van der Waals surface area contributed by atoms with E-state index >= 15 is 0 Å². The van der Waals surface area contributed by atoms with Gasteiger partial charge in [0.1, 0.15) is 0 Å². The van der Waals surface area contributed by atoms with Crippen molar-refractivity contribution < 1.29 is 9.59 Å². The van der Waals surface area contributed by atoms with Crippen LogP contribution >= 0.6 is 0 Å². The van der Waals surface area contributed by atoms with E-state index in [1.54, 1.807) is 35.1 Å². The van der Waals surface area contributed by atoms with Crippen LogP contribution in [0.15, 0.2) is 67.0 Å². The fraction of sp³-hybridized carbons (Fsp3) is 0.0556. The first-order valence-corrected chi connectivity index (χ1v) is 7.65. The van der Waals surface area contributed by atoms with Crippen LogP contribution in [0.4, 0.5) is 10.5 Å². The Morgan fingerprint density at radius 1 is 1.08 bits per heavy atom. The van der Waals surface area contributed by atoms with Crippen LogP contribution < -0.4 is 16.4 Å². The zero-order valence-corrected chi connectivity index (χ0v) is 13.3. The lowest BCUT2D eigenvalue weighted by atomic mass is 10.2. The van der Waals surface area contributed by atoms with Gasteiger partial charge >= 0.3 is 6.03 Å². The second-order valence-electron chi connectivity index (χ2n) is 5.38. The maximum absolute atomic E-state index is 12.3. The van der Waals surface area contributed by atoms with Crippen molar-refractivity contribution in [3.63, 3.8) is 0 Å². The molecule has 0 bridgehead atoms. The van der Waals surface area contributed by atoms with Gasteiger partial charge in [0.2, 0.25) is 0 Å². The third-order valence-corrected chi connectivity index (χ3v) is 3.50. The maximum Gasteiger partial charge on any atom is 0.316 e. The van der Waals surface area contributed by atoms with Gasteiger partial charge in [-0.3, -0.25) is 4.79 Å².